The van der Waals surface area contributed by atoms with Gasteiger partial charge < -0.3 is 10.2 Å². The molecule has 2 unspecified atom stereocenters. The Morgan fingerprint density at radius 1 is 1.25 bits per heavy atom. The van der Waals surface area contributed by atoms with Gasteiger partial charge in [-0.2, -0.15) is 5.10 Å². The van der Waals surface area contributed by atoms with E-state index in [1.807, 2.05) is 0 Å². The standard InChI is InChI=1S/C21H28ClFN4O/c1-14-11-15(2)13-26(12-14)10-4-9-24-21(28)19-16(3)25-27(20(19)22)18-7-5-17(23)6-8-18/h5-8,14-15H,4,9-13H2,1-3H3,(H,24,28). The van der Waals surface area contributed by atoms with E-state index in [9.17, 15) is 9.18 Å². The van der Waals surface area contributed by atoms with Gasteiger partial charge in [-0.1, -0.05) is 25.4 Å². The van der Waals surface area contributed by atoms with Gasteiger partial charge in [-0.15, -0.1) is 0 Å². The number of nitrogens with zero attached hydrogens (tertiary/aromatic N) is 3. The minimum absolute atomic E-state index is 0.226. The van der Waals surface area contributed by atoms with Gasteiger partial charge in [0.25, 0.3) is 5.91 Å². The van der Waals surface area contributed by atoms with Crippen LogP contribution in [0, 0.1) is 24.6 Å². The minimum Gasteiger partial charge on any atom is -0.352 e. The lowest BCUT2D eigenvalue weighted by Crippen LogP contribution is -2.40. The SMILES string of the molecule is Cc1nn(-c2ccc(F)cc2)c(Cl)c1C(=O)NCCCN1CC(C)CC(C)C1. The number of rotatable bonds is 6. The van der Waals surface area contributed by atoms with Crippen LogP contribution in [0.2, 0.25) is 5.15 Å². The van der Waals surface area contributed by atoms with Crippen LogP contribution in [0.4, 0.5) is 4.39 Å². The average molecular weight is 407 g/mol. The zero-order valence-electron chi connectivity index (χ0n) is 16.7. The first kappa shape index (κ1) is 20.8. The van der Waals surface area contributed by atoms with Crippen molar-refractivity contribution in [3.8, 4) is 5.69 Å². The van der Waals surface area contributed by atoms with Crippen LogP contribution in [-0.2, 0) is 0 Å². The van der Waals surface area contributed by atoms with Crippen molar-refractivity contribution < 1.29 is 9.18 Å². The maximum Gasteiger partial charge on any atom is 0.256 e. The number of hydrogen-bond donors (Lipinski definition) is 1. The Labute approximate surface area is 170 Å². The van der Waals surface area contributed by atoms with Crippen LogP contribution in [0.1, 0.15) is 42.7 Å². The first-order chi connectivity index (χ1) is 13.3. The molecule has 152 valence electrons. The van der Waals surface area contributed by atoms with Crippen molar-refractivity contribution >= 4 is 17.5 Å². The molecule has 0 radical (unpaired) electrons. The van der Waals surface area contributed by atoms with Crippen LogP contribution in [-0.4, -0.2) is 46.8 Å². The normalized spacial score (nSPS) is 20.3. The summed E-state index contributed by atoms with van der Waals surface area (Å²) < 4.78 is 14.6. The number of benzene rings is 1. The molecule has 1 aliphatic heterocycles. The van der Waals surface area contributed by atoms with Crippen molar-refractivity contribution in [2.75, 3.05) is 26.2 Å². The molecule has 1 aliphatic rings. The zero-order chi connectivity index (χ0) is 20.3. The highest BCUT2D eigenvalue weighted by Gasteiger charge is 2.22. The lowest BCUT2D eigenvalue weighted by molar-refractivity contribution is 0.0947. The number of carbonyl (C=O) groups excluding carboxylic acids is 1. The quantitative estimate of drug-likeness (QED) is 0.735. The Hall–Kier alpha value is -1.92. The van der Waals surface area contributed by atoms with E-state index in [-0.39, 0.29) is 16.9 Å². The topological polar surface area (TPSA) is 50.2 Å². The molecule has 5 nitrogen and oxygen atoms in total. The highest BCUT2D eigenvalue weighted by molar-refractivity contribution is 6.33. The Bertz CT molecular complexity index is 811. The molecule has 1 saturated heterocycles. The average Bonchev–Trinajstić information content (AvgIpc) is 2.93. The molecule has 2 heterocycles. The molecule has 1 aromatic heterocycles. The summed E-state index contributed by atoms with van der Waals surface area (Å²) in [4.78, 5) is 15.1. The summed E-state index contributed by atoms with van der Waals surface area (Å²) in [6, 6.07) is 5.83. The summed E-state index contributed by atoms with van der Waals surface area (Å²) in [5.74, 6) is 0.907. The molecule has 0 spiro atoms. The fourth-order valence-electron chi connectivity index (χ4n) is 4.08. The van der Waals surface area contributed by atoms with E-state index in [0.29, 0.717) is 23.5 Å². The monoisotopic (exact) mass is 406 g/mol. The van der Waals surface area contributed by atoms with Gasteiger partial charge in [0.15, 0.2) is 0 Å². The Kier molecular flexibility index (Phi) is 6.73. The van der Waals surface area contributed by atoms with E-state index in [0.717, 1.165) is 37.9 Å². The maximum absolute atomic E-state index is 13.1. The molecule has 2 atom stereocenters. The van der Waals surface area contributed by atoms with Crippen molar-refractivity contribution in [1.82, 2.24) is 20.0 Å². The zero-order valence-corrected chi connectivity index (χ0v) is 17.5. The van der Waals surface area contributed by atoms with Gasteiger partial charge in [0, 0.05) is 19.6 Å². The van der Waals surface area contributed by atoms with Crippen LogP contribution in [0.15, 0.2) is 24.3 Å². The fourth-order valence-corrected chi connectivity index (χ4v) is 4.44. The lowest BCUT2D eigenvalue weighted by Gasteiger charge is -2.34. The number of aryl methyl sites for hydroxylation is 1. The summed E-state index contributed by atoms with van der Waals surface area (Å²) in [6.45, 7) is 10.2. The second-order valence-corrected chi connectivity index (χ2v) is 8.31. The summed E-state index contributed by atoms with van der Waals surface area (Å²) in [5, 5.41) is 7.53. The molecule has 1 N–H and O–H groups in total. The second kappa shape index (κ2) is 9.05. The molecule has 0 aliphatic carbocycles. The van der Waals surface area contributed by atoms with Crippen LogP contribution < -0.4 is 5.32 Å². The first-order valence-electron chi connectivity index (χ1n) is 9.86. The van der Waals surface area contributed by atoms with Crippen molar-refractivity contribution in [2.24, 2.45) is 11.8 Å². The summed E-state index contributed by atoms with van der Waals surface area (Å²) in [5.41, 5.74) is 1.53. The molecule has 1 amide bonds. The summed E-state index contributed by atoms with van der Waals surface area (Å²) in [7, 11) is 0. The van der Waals surface area contributed by atoms with Gasteiger partial charge in [-0.05, 0) is 62.4 Å². The Balaban J connectivity index is 1.56. The van der Waals surface area contributed by atoms with Gasteiger partial charge >= 0.3 is 0 Å². The summed E-state index contributed by atoms with van der Waals surface area (Å²) >= 11 is 6.40. The highest BCUT2D eigenvalue weighted by Crippen LogP contribution is 2.24. The van der Waals surface area contributed by atoms with E-state index in [1.165, 1.54) is 23.2 Å². The third-order valence-corrected chi connectivity index (χ3v) is 5.53. The highest BCUT2D eigenvalue weighted by atomic mass is 35.5. The van der Waals surface area contributed by atoms with Crippen molar-refractivity contribution in [1.29, 1.82) is 0 Å². The predicted molar refractivity (Wildman–Crippen MR) is 110 cm³/mol. The molecule has 2 aromatic rings. The largest absolute Gasteiger partial charge is 0.352 e. The van der Waals surface area contributed by atoms with Gasteiger partial charge in [0.1, 0.15) is 11.0 Å². The van der Waals surface area contributed by atoms with Crippen LogP contribution >= 0.6 is 11.6 Å². The molecule has 3 rings (SSSR count). The molecule has 1 aromatic carbocycles. The van der Waals surface area contributed by atoms with Gasteiger partial charge in [-0.25, -0.2) is 9.07 Å². The first-order valence-corrected chi connectivity index (χ1v) is 10.2. The number of amides is 1. The number of nitrogens with one attached hydrogen (secondary N) is 1. The van der Waals surface area contributed by atoms with Crippen LogP contribution in [0.3, 0.4) is 0 Å². The van der Waals surface area contributed by atoms with E-state index in [2.05, 4.69) is 29.2 Å². The van der Waals surface area contributed by atoms with Gasteiger partial charge in [-0.3, -0.25) is 4.79 Å². The number of piperidine rings is 1. The molecular weight excluding hydrogens is 379 g/mol. The van der Waals surface area contributed by atoms with E-state index in [1.54, 1.807) is 19.1 Å². The minimum atomic E-state index is -0.334. The van der Waals surface area contributed by atoms with Crippen molar-refractivity contribution in [3.05, 3.63) is 46.5 Å². The molecular formula is C21H28ClFN4O. The molecule has 7 heteroatoms. The molecule has 0 saturated carbocycles. The maximum atomic E-state index is 13.1. The number of likely N-dealkylation sites (tertiary alicyclic amines) is 1. The number of aromatic nitrogens is 2. The second-order valence-electron chi connectivity index (χ2n) is 7.95. The van der Waals surface area contributed by atoms with Crippen LogP contribution in [0.5, 0.6) is 0 Å². The molecule has 28 heavy (non-hydrogen) atoms. The smallest absolute Gasteiger partial charge is 0.256 e. The van der Waals surface area contributed by atoms with Gasteiger partial charge in [0.05, 0.1) is 16.9 Å². The Morgan fingerprint density at radius 2 is 1.89 bits per heavy atom. The van der Waals surface area contributed by atoms with Crippen LogP contribution in [0.25, 0.3) is 5.69 Å². The number of carbonyl (C=O) groups is 1. The molecule has 1 fully saturated rings. The number of halogens is 2. The van der Waals surface area contributed by atoms with E-state index >= 15 is 0 Å². The molecule has 0 bridgehead atoms. The lowest BCUT2D eigenvalue weighted by atomic mass is 9.92. The predicted octanol–water partition coefficient (Wildman–Crippen LogP) is 4.07. The van der Waals surface area contributed by atoms with E-state index in [4.69, 9.17) is 11.6 Å². The third-order valence-electron chi connectivity index (χ3n) is 5.18. The van der Waals surface area contributed by atoms with Crippen molar-refractivity contribution in [2.45, 2.75) is 33.6 Å². The summed E-state index contributed by atoms with van der Waals surface area (Å²) in [6.07, 6.45) is 2.19. The van der Waals surface area contributed by atoms with E-state index < -0.39 is 0 Å². The number of hydrogen-bond acceptors (Lipinski definition) is 3. The third kappa shape index (κ3) is 4.92. The van der Waals surface area contributed by atoms with Crippen molar-refractivity contribution in [3.63, 3.8) is 0 Å². The van der Waals surface area contributed by atoms with Gasteiger partial charge in [0.2, 0.25) is 0 Å². The fraction of sp³-hybridized carbons (Fsp3) is 0.524. The Morgan fingerprint density at radius 3 is 2.54 bits per heavy atom.